The molecular weight excluding hydrogens is 334 g/mol. The first kappa shape index (κ1) is 19.9. The minimum Gasteiger partial charge on any atom is -0.512 e. The van der Waals surface area contributed by atoms with Crippen molar-refractivity contribution in [2.45, 2.75) is 70.8 Å². The van der Waals surface area contributed by atoms with Crippen molar-refractivity contribution in [2.75, 3.05) is 0 Å². The molecule has 1 aliphatic rings. The van der Waals surface area contributed by atoms with Gasteiger partial charge < -0.3 is 9.84 Å². The van der Waals surface area contributed by atoms with Crippen molar-refractivity contribution < 1.29 is 19.6 Å². The third-order valence-corrected chi connectivity index (χ3v) is 4.98. The van der Waals surface area contributed by atoms with Gasteiger partial charge in [-0.25, -0.2) is 4.79 Å². The van der Waals surface area contributed by atoms with Gasteiger partial charge in [-0.15, -0.1) is 0 Å². The fourth-order valence-electron chi connectivity index (χ4n) is 3.93. The highest BCUT2D eigenvalue weighted by Gasteiger charge is 2.42. The Kier molecular flexibility index (Phi) is 6.40. The van der Waals surface area contributed by atoms with E-state index in [-0.39, 0.29) is 17.0 Å². The molecule has 0 fully saturated rings. The van der Waals surface area contributed by atoms with Gasteiger partial charge in [-0.1, -0.05) is 45.7 Å². The van der Waals surface area contributed by atoms with E-state index in [9.17, 15) is 20.0 Å². The van der Waals surface area contributed by atoms with E-state index in [1.165, 1.54) is 12.1 Å². The minimum absolute atomic E-state index is 0.0310. The Morgan fingerprint density at radius 3 is 2.42 bits per heavy atom. The molecule has 1 N–H and O–H groups in total. The molecule has 0 saturated carbocycles. The van der Waals surface area contributed by atoms with Crippen molar-refractivity contribution in [1.82, 2.24) is 0 Å². The first-order valence-corrected chi connectivity index (χ1v) is 9.27. The van der Waals surface area contributed by atoms with Gasteiger partial charge >= 0.3 is 5.97 Å². The summed E-state index contributed by atoms with van der Waals surface area (Å²) < 4.78 is 5.83. The molecule has 1 aromatic rings. The van der Waals surface area contributed by atoms with Gasteiger partial charge in [0.05, 0.1) is 10.5 Å². The van der Waals surface area contributed by atoms with Crippen LogP contribution in [0.5, 0.6) is 0 Å². The number of ether oxygens (including phenoxy) is 1. The molecule has 0 amide bonds. The highest BCUT2D eigenvalue weighted by Crippen LogP contribution is 2.42. The molecule has 0 aromatic heterocycles. The van der Waals surface area contributed by atoms with Crippen LogP contribution in [-0.4, -0.2) is 21.6 Å². The molecule has 0 radical (unpaired) electrons. The van der Waals surface area contributed by atoms with Crippen LogP contribution in [0.4, 0.5) is 5.69 Å². The SMILES string of the molecule is CCCC1(CCC)CC(O)=C(C(CC)c2cccc([N+](=O)[O-])c2)C(=O)O1. The third kappa shape index (κ3) is 4.06. The number of cyclic esters (lactones) is 1. The topological polar surface area (TPSA) is 89.7 Å². The number of esters is 1. The summed E-state index contributed by atoms with van der Waals surface area (Å²) in [5.41, 5.74) is 0.195. The Bertz CT molecular complexity index is 704. The highest BCUT2D eigenvalue weighted by molar-refractivity contribution is 5.92. The summed E-state index contributed by atoms with van der Waals surface area (Å²) in [7, 11) is 0. The van der Waals surface area contributed by atoms with Crippen molar-refractivity contribution >= 4 is 11.7 Å². The van der Waals surface area contributed by atoms with E-state index >= 15 is 0 Å². The molecule has 1 unspecified atom stereocenters. The molecule has 1 heterocycles. The van der Waals surface area contributed by atoms with E-state index in [2.05, 4.69) is 0 Å². The van der Waals surface area contributed by atoms with Crippen LogP contribution in [0.3, 0.4) is 0 Å². The quantitative estimate of drug-likeness (QED) is 0.391. The summed E-state index contributed by atoms with van der Waals surface area (Å²) in [4.78, 5) is 23.4. The Hall–Kier alpha value is -2.37. The number of benzene rings is 1. The van der Waals surface area contributed by atoms with Crippen LogP contribution in [0.2, 0.25) is 0 Å². The van der Waals surface area contributed by atoms with Gasteiger partial charge in [-0.3, -0.25) is 10.1 Å². The number of carbonyl (C=O) groups is 1. The zero-order chi connectivity index (χ0) is 19.3. The number of nitro groups is 1. The molecule has 1 aromatic carbocycles. The molecule has 1 aliphatic heterocycles. The molecule has 0 aliphatic carbocycles. The van der Waals surface area contributed by atoms with Crippen LogP contribution in [0.1, 0.15) is 70.8 Å². The number of carbonyl (C=O) groups excluding carboxylic acids is 1. The summed E-state index contributed by atoms with van der Waals surface area (Å²) in [6.07, 6.45) is 3.97. The highest BCUT2D eigenvalue weighted by atomic mass is 16.6. The Balaban J connectivity index is 2.43. The largest absolute Gasteiger partial charge is 0.512 e. The molecule has 0 bridgehead atoms. The van der Waals surface area contributed by atoms with E-state index in [0.29, 0.717) is 31.2 Å². The summed E-state index contributed by atoms with van der Waals surface area (Å²) in [6, 6.07) is 6.22. The standard InChI is InChI=1S/C20H27NO5/c1-4-10-20(11-5-2)13-17(22)18(19(23)26-20)16(6-3)14-8-7-9-15(12-14)21(24)25/h7-9,12,16,22H,4-6,10-11,13H2,1-3H3. The second-order valence-corrected chi connectivity index (χ2v) is 6.92. The minimum atomic E-state index is -0.644. The fourth-order valence-corrected chi connectivity index (χ4v) is 3.93. The maximum absolute atomic E-state index is 12.8. The molecule has 0 spiro atoms. The van der Waals surface area contributed by atoms with E-state index in [1.807, 2.05) is 20.8 Å². The van der Waals surface area contributed by atoms with Crippen LogP contribution in [0, 0.1) is 10.1 Å². The van der Waals surface area contributed by atoms with Gasteiger partial charge in [0.15, 0.2) is 0 Å². The van der Waals surface area contributed by atoms with Gasteiger partial charge in [0.1, 0.15) is 11.4 Å². The lowest BCUT2D eigenvalue weighted by atomic mass is 9.80. The zero-order valence-electron chi connectivity index (χ0n) is 15.7. The number of aliphatic hydroxyl groups excluding tert-OH is 1. The summed E-state index contributed by atoms with van der Waals surface area (Å²) in [5, 5.41) is 21.8. The van der Waals surface area contributed by atoms with Crippen LogP contribution in [0.15, 0.2) is 35.6 Å². The molecule has 142 valence electrons. The lowest BCUT2D eigenvalue weighted by molar-refractivity contribution is -0.384. The number of nitrogens with zero attached hydrogens (tertiary/aromatic N) is 1. The number of nitro benzene ring substituents is 1. The lowest BCUT2D eigenvalue weighted by Crippen LogP contribution is -2.41. The number of rotatable bonds is 8. The van der Waals surface area contributed by atoms with Gasteiger partial charge in [-0.05, 0) is 24.8 Å². The van der Waals surface area contributed by atoms with E-state index < -0.39 is 22.4 Å². The molecule has 0 saturated heterocycles. The number of aliphatic hydroxyl groups is 1. The van der Waals surface area contributed by atoms with Crippen molar-refractivity contribution in [3.05, 3.63) is 51.3 Å². The van der Waals surface area contributed by atoms with Crippen molar-refractivity contribution in [3.8, 4) is 0 Å². The van der Waals surface area contributed by atoms with Gasteiger partial charge in [0, 0.05) is 24.5 Å². The Labute approximate surface area is 154 Å². The molecule has 26 heavy (non-hydrogen) atoms. The van der Waals surface area contributed by atoms with Crippen LogP contribution in [0.25, 0.3) is 0 Å². The van der Waals surface area contributed by atoms with E-state index in [1.54, 1.807) is 12.1 Å². The molecular formula is C20H27NO5. The second kappa shape index (κ2) is 8.34. The van der Waals surface area contributed by atoms with Crippen LogP contribution in [-0.2, 0) is 9.53 Å². The van der Waals surface area contributed by atoms with E-state index in [4.69, 9.17) is 4.74 Å². The second-order valence-electron chi connectivity index (χ2n) is 6.92. The third-order valence-electron chi connectivity index (χ3n) is 4.98. The first-order valence-electron chi connectivity index (χ1n) is 9.27. The van der Waals surface area contributed by atoms with Gasteiger partial charge in [0.2, 0.25) is 0 Å². The Morgan fingerprint density at radius 1 is 1.27 bits per heavy atom. The normalized spacial score (nSPS) is 17.7. The summed E-state index contributed by atoms with van der Waals surface area (Å²) in [6.45, 7) is 5.94. The molecule has 1 atom stereocenters. The van der Waals surface area contributed by atoms with Crippen LogP contribution >= 0.6 is 0 Å². The predicted molar refractivity (Wildman–Crippen MR) is 99.0 cm³/mol. The molecule has 6 nitrogen and oxygen atoms in total. The molecule has 6 heteroatoms. The van der Waals surface area contributed by atoms with Crippen LogP contribution < -0.4 is 0 Å². The number of hydrogen-bond donors (Lipinski definition) is 1. The lowest BCUT2D eigenvalue weighted by Gasteiger charge is -2.38. The first-order chi connectivity index (χ1) is 12.4. The monoisotopic (exact) mass is 361 g/mol. The van der Waals surface area contributed by atoms with Gasteiger partial charge in [0.25, 0.3) is 5.69 Å². The smallest absolute Gasteiger partial charge is 0.338 e. The van der Waals surface area contributed by atoms with Crippen molar-refractivity contribution in [2.24, 2.45) is 0 Å². The maximum atomic E-state index is 12.8. The van der Waals surface area contributed by atoms with E-state index in [0.717, 1.165) is 12.8 Å². The average Bonchev–Trinajstić information content (AvgIpc) is 2.58. The van der Waals surface area contributed by atoms with Gasteiger partial charge in [-0.2, -0.15) is 0 Å². The number of hydrogen-bond acceptors (Lipinski definition) is 5. The van der Waals surface area contributed by atoms with Crippen molar-refractivity contribution in [3.63, 3.8) is 0 Å². The Morgan fingerprint density at radius 2 is 1.92 bits per heavy atom. The summed E-state index contributed by atoms with van der Waals surface area (Å²) in [5.74, 6) is -0.876. The van der Waals surface area contributed by atoms with Crippen molar-refractivity contribution in [1.29, 1.82) is 0 Å². The number of non-ortho nitro benzene ring substituents is 1. The molecule has 2 rings (SSSR count). The fraction of sp³-hybridized carbons (Fsp3) is 0.550. The maximum Gasteiger partial charge on any atom is 0.338 e. The average molecular weight is 361 g/mol. The zero-order valence-corrected chi connectivity index (χ0v) is 15.7. The predicted octanol–water partition coefficient (Wildman–Crippen LogP) is 5.19. The summed E-state index contributed by atoms with van der Waals surface area (Å²) >= 11 is 0.